The summed E-state index contributed by atoms with van der Waals surface area (Å²) >= 11 is 1.28. The van der Waals surface area contributed by atoms with Crippen LogP contribution in [0.3, 0.4) is 0 Å². The van der Waals surface area contributed by atoms with Crippen molar-refractivity contribution in [1.82, 2.24) is 9.55 Å². The van der Waals surface area contributed by atoms with Crippen LogP contribution in [0.15, 0.2) is 17.1 Å². The maximum Gasteiger partial charge on any atom is 0.351 e. The molecule has 2 N–H and O–H groups in total. The molecule has 1 aliphatic heterocycles. The molecule has 2 heterocycles. The number of aromatic nitrogens is 2. The summed E-state index contributed by atoms with van der Waals surface area (Å²) < 4.78 is 12.8. The summed E-state index contributed by atoms with van der Waals surface area (Å²) in [7, 11) is 0. The fourth-order valence-electron chi connectivity index (χ4n) is 2.33. The predicted octanol–water partition coefficient (Wildman–Crippen LogP) is 2.04. The number of hydrogen-bond acceptors (Lipinski definition) is 8. The first kappa shape index (κ1) is 19.9. The fourth-order valence-corrected chi connectivity index (χ4v) is 3.15. The molecule has 0 aliphatic carbocycles. The molecule has 0 amide bonds. The van der Waals surface area contributed by atoms with E-state index in [0.29, 0.717) is 25.4 Å². The third-order valence-electron chi connectivity index (χ3n) is 3.72. The van der Waals surface area contributed by atoms with Gasteiger partial charge in [0.15, 0.2) is 10.9 Å². The number of carbonyl (C=O) groups is 1. The number of rotatable bonds is 7. The van der Waals surface area contributed by atoms with Gasteiger partial charge in [0.1, 0.15) is 6.23 Å². The Labute approximate surface area is 150 Å². The Bertz CT molecular complexity index is 643. The van der Waals surface area contributed by atoms with Crippen LogP contribution in [0.2, 0.25) is 0 Å². The molecule has 0 spiro atoms. The molecule has 25 heavy (non-hydrogen) atoms. The SMILES string of the molecule is CC(C)(C)C(=O)SCCOCC1CCC(n2ccc(NO)nc2=O)O1. The van der Waals surface area contributed by atoms with Crippen LogP contribution < -0.4 is 11.2 Å². The lowest BCUT2D eigenvalue weighted by Gasteiger charge is -2.17. The summed E-state index contributed by atoms with van der Waals surface area (Å²) in [5, 5.41) is 8.90. The normalized spacial score (nSPS) is 20.6. The molecule has 2 atom stereocenters. The summed E-state index contributed by atoms with van der Waals surface area (Å²) in [6, 6.07) is 1.50. The number of anilines is 1. The van der Waals surface area contributed by atoms with Crippen LogP contribution in [0.5, 0.6) is 0 Å². The highest BCUT2D eigenvalue weighted by Crippen LogP contribution is 2.27. The van der Waals surface area contributed by atoms with E-state index in [4.69, 9.17) is 14.7 Å². The maximum absolute atomic E-state index is 11.9. The Hall–Kier alpha value is -1.42. The molecule has 2 rings (SSSR count). The van der Waals surface area contributed by atoms with Gasteiger partial charge in [-0.3, -0.25) is 20.0 Å². The van der Waals surface area contributed by atoms with Gasteiger partial charge in [-0.25, -0.2) is 4.79 Å². The van der Waals surface area contributed by atoms with Crippen molar-refractivity contribution in [1.29, 1.82) is 0 Å². The minimum atomic E-state index is -0.484. The summed E-state index contributed by atoms with van der Waals surface area (Å²) in [5.74, 6) is 0.715. The Morgan fingerprint density at radius 3 is 2.92 bits per heavy atom. The Morgan fingerprint density at radius 1 is 1.52 bits per heavy atom. The first-order valence-electron chi connectivity index (χ1n) is 8.21. The fraction of sp³-hybridized carbons (Fsp3) is 0.688. The van der Waals surface area contributed by atoms with Crippen LogP contribution in [0, 0.1) is 5.41 Å². The van der Waals surface area contributed by atoms with Crippen LogP contribution >= 0.6 is 11.8 Å². The molecule has 1 aromatic rings. The van der Waals surface area contributed by atoms with Crippen molar-refractivity contribution in [3.8, 4) is 0 Å². The average molecular weight is 371 g/mol. The standard InChI is InChI=1S/C16H25N3O5S/c1-16(2,3)14(20)25-9-8-23-10-11-4-5-13(24-11)19-7-6-12(18-22)17-15(19)21/h6-7,11,13,22H,4-5,8-10H2,1-3H3,(H,17,18,21). The van der Waals surface area contributed by atoms with E-state index in [1.807, 2.05) is 26.3 Å². The van der Waals surface area contributed by atoms with Crippen molar-refractivity contribution < 1.29 is 19.5 Å². The molecule has 9 heteroatoms. The smallest absolute Gasteiger partial charge is 0.351 e. The van der Waals surface area contributed by atoms with Crippen molar-refractivity contribution in [2.24, 2.45) is 5.41 Å². The van der Waals surface area contributed by atoms with Gasteiger partial charge >= 0.3 is 5.69 Å². The van der Waals surface area contributed by atoms with E-state index in [9.17, 15) is 9.59 Å². The highest BCUT2D eigenvalue weighted by atomic mass is 32.2. The van der Waals surface area contributed by atoms with Gasteiger partial charge in [0.05, 0.1) is 19.3 Å². The summed E-state index contributed by atoms with van der Waals surface area (Å²) in [4.78, 5) is 27.4. The van der Waals surface area contributed by atoms with Crippen molar-refractivity contribution in [2.45, 2.75) is 45.9 Å². The Kier molecular flexibility index (Phi) is 7.00. The van der Waals surface area contributed by atoms with Gasteiger partial charge in [-0.2, -0.15) is 4.98 Å². The number of nitrogens with one attached hydrogen (secondary N) is 1. The van der Waals surface area contributed by atoms with Crippen LogP contribution in [-0.2, 0) is 14.3 Å². The monoisotopic (exact) mass is 371 g/mol. The Balaban J connectivity index is 1.71. The van der Waals surface area contributed by atoms with Crippen LogP contribution in [0.1, 0.15) is 39.8 Å². The average Bonchev–Trinajstić information content (AvgIpc) is 3.01. The van der Waals surface area contributed by atoms with Crippen molar-refractivity contribution >= 4 is 22.7 Å². The number of hydrogen-bond donors (Lipinski definition) is 2. The van der Waals surface area contributed by atoms with Gasteiger partial charge < -0.3 is 9.47 Å². The highest BCUT2D eigenvalue weighted by molar-refractivity contribution is 8.13. The zero-order chi connectivity index (χ0) is 18.4. The van der Waals surface area contributed by atoms with Crippen molar-refractivity contribution in [2.75, 3.05) is 24.4 Å². The summed E-state index contributed by atoms with van der Waals surface area (Å²) in [5.41, 5.74) is 1.02. The molecule has 0 saturated carbocycles. The van der Waals surface area contributed by atoms with E-state index in [1.54, 1.807) is 0 Å². The van der Waals surface area contributed by atoms with Gasteiger partial charge in [-0.05, 0) is 18.9 Å². The highest BCUT2D eigenvalue weighted by Gasteiger charge is 2.27. The predicted molar refractivity (Wildman–Crippen MR) is 94.8 cm³/mol. The molecule has 0 radical (unpaired) electrons. The minimum Gasteiger partial charge on any atom is -0.378 e. The zero-order valence-corrected chi connectivity index (χ0v) is 15.5. The number of thioether (sulfide) groups is 1. The molecule has 8 nitrogen and oxygen atoms in total. The molecular weight excluding hydrogens is 346 g/mol. The number of ether oxygens (including phenoxy) is 2. The first-order chi connectivity index (χ1) is 11.8. The third-order valence-corrected chi connectivity index (χ3v) is 4.96. The lowest BCUT2D eigenvalue weighted by molar-refractivity contribution is -0.117. The maximum atomic E-state index is 11.9. The number of carbonyl (C=O) groups excluding carboxylic acids is 1. The lowest BCUT2D eigenvalue weighted by Crippen LogP contribution is -2.28. The molecule has 140 valence electrons. The minimum absolute atomic E-state index is 0.0872. The second-order valence-electron chi connectivity index (χ2n) is 6.87. The largest absolute Gasteiger partial charge is 0.378 e. The summed E-state index contributed by atoms with van der Waals surface area (Å²) in [6.45, 7) is 6.61. The Morgan fingerprint density at radius 2 is 2.28 bits per heavy atom. The molecule has 1 aliphatic rings. The lowest BCUT2D eigenvalue weighted by atomic mass is 10.00. The van der Waals surface area contributed by atoms with E-state index in [1.165, 1.54) is 28.6 Å². The second-order valence-corrected chi connectivity index (χ2v) is 7.93. The topological polar surface area (TPSA) is 103 Å². The van der Waals surface area contributed by atoms with Gasteiger partial charge in [0.2, 0.25) is 0 Å². The van der Waals surface area contributed by atoms with Gasteiger partial charge in [-0.15, -0.1) is 0 Å². The molecule has 1 saturated heterocycles. The second kappa shape index (κ2) is 8.79. The van der Waals surface area contributed by atoms with Crippen LogP contribution in [0.25, 0.3) is 0 Å². The van der Waals surface area contributed by atoms with E-state index < -0.39 is 5.69 Å². The molecule has 1 aromatic heterocycles. The van der Waals surface area contributed by atoms with Crippen LogP contribution in [-0.4, -0.2) is 44.9 Å². The molecule has 2 unspecified atom stereocenters. The van der Waals surface area contributed by atoms with E-state index >= 15 is 0 Å². The molecule has 0 aromatic carbocycles. The molecule has 1 fully saturated rings. The third kappa shape index (κ3) is 5.81. The van der Waals surface area contributed by atoms with E-state index in [0.717, 1.165) is 6.42 Å². The quantitative estimate of drug-likeness (QED) is 0.554. The molecule has 0 bridgehead atoms. The van der Waals surface area contributed by atoms with Crippen molar-refractivity contribution in [3.05, 3.63) is 22.7 Å². The van der Waals surface area contributed by atoms with Crippen LogP contribution in [0.4, 0.5) is 5.82 Å². The zero-order valence-electron chi connectivity index (χ0n) is 14.7. The van der Waals surface area contributed by atoms with Gasteiger partial charge in [0.25, 0.3) is 0 Å². The number of nitrogens with zero attached hydrogens (tertiary/aromatic N) is 2. The van der Waals surface area contributed by atoms with E-state index in [2.05, 4.69) is 4.98 Å². The van der Waals surface area contributed by atoms with Gasteiger partial charge in [-0.1, -0.05) is 32.5 Å². The summed E-state index contributed by atoms with van der Waals surface area (Å²) in [6.07, 6.45) is 2.55. The first-order valence-corrected chi connectivity index (χ1v) is 9.19. The van der Waals surface area contributed by atoms with Crippen molar-refractivity contribution in [3.63, 3.8) is 0 Å². The molecular formula is C16H25N3O5S. The van der Waals surface area contributed by atoms with E-state index in [-0.39, 0.29) is 28.7 Å². The van der Waals surface area contributed by atoms with Gasteiger partial charge in [0, 0.05) is 17.4 Å².